The van der Waals surface area contributed by atoms with Crippen LogP contribution >= 0.6 is 0 Å². The number of nitrogens with one attached hydrogen (secondary N) is 2. The van der Waals surface area contributed by atoms with Crippen LogP contribution < -0.4 is 15.5 Å². The lowest BCUT2D eigenvalue weighted by Gasteiger charge is -2.23. The van der Waals surface area contributed by atoms with E-state index in [9.17, 15) is 9.59 Å². The molecule has 3 amide bonds. The quantitative estimate of drug-likeness (QED) is 0.540. The van der Waals surface area contributed by atoms with Gasteiger partial charge in [-0.05, 0) is 72.7 Å². The molecule has 164 valence electrons. The molecular formula is C27H29N3O2. The molecule has 4 rings (SSSR count). The van der Waals surface area contributed by atoms with Gasteiger partial charge in [-0.3, -0.25) is 9.69 Å². The minimum atomic E-state index is -0.125. The van der Waals surface area contributed by atoms with Gasteiger partial charge in [-0.25, -0.2) is 4.79 Å². The summed E-state index contributed by atoms with van der Waals surface area (Å²) in [6.07, 6.45) is 4.32. The molecule has 1 heterocycles. The molecule has 0 saturated carbocycles. The number of rotatable bonds is 5. The molecule has 5 nitrogen and oxygen atoms in total. The van der Waals surface area contributed by atoms with Crippen molar-refractivity contribution in [2.75, 3.05) is 22.1 Å². The first-order chi connectivity index (χ1) is 15.6. The zero-order chi connectivity index (χ0) is 22.3. The summed E-state index contributed by atoms with van der Waals surface area (Å²) in [5, 5.41) is 5.93. The molecule has 32 heavy (non-hydrogen) atoms. The number of hydrogen-bond donors (Lipinski definition) is 2. The van der Waals surface area contributed by atoms with Crippen LogP contribution in [0.1, 0.15) is 36.5 Å². The van der Waals surface area contributed by atoms with E-state index in [0.29, 0.717) is 6.54 Å². The Labute approximate surface area is 189 Å². The zero-order valence-corrected chi connectivity index (χ0v) is 18.4. The van der Waals surface area contributed by atoms with Crippen molar-refractivity contribution in [2.24, 2.45) is 0 Å². The Bertz CT molecular complexity index is 1070. The number of nitrogens with zero attached hydrogens (tertiary/aromatic N) is 1. The molecule has 0 atom stereocenters. The molecule has 2 N–H and O–H groups in total. The first-order valence-electron chi connectivity index (χ1n) is 11.3. The third-order valence-electron chi connectivity index (χ3n) is 5.82. The van der Waals surface area contributed by atoms with Gasteiger partial charge in [-0.15, -0.1) is 0 Å². The van der Waals surface area contributed by atoms with Gasteiger partial charge in [0.15, 0.2) is 0 Å². The van der Waals surface area contributed by atoms with Gasteiger partial charge in [0.25, 0.3) is 0 Å². The highest BCUT2D eigenvalue weighted by atomic mass is 16.2. The Morgan fingerprint density at radius 2 is 1.47 bits per heavy atom. The highest BCUT2D eigenvalue weighted by Gasteiger charge is 2.20. The van der Waals surface area contributed by atoms with Gasteiger partial charge in [-0.2, -0.15) is 0 Å². The average Bonchev–Trinajstić information content (AvgIpc) is 3.03. The first-order valence-corrected chi connectivity index (χ1v) is 11.3. The lowest BCUT2D eigenvalue weighted by molar-refractivity contribution is -0.115. The SMILES string of the molecule is CCc1ccc(NC(=O)Cc2ccc(NC(=O)N3CCCCc4ccccc43)cc2)cc1. The fourth-order valence-electron chi connectivity index (χ4n) is 4.01. The molecule has 0 spiro atoms. The maximum atomic E-state index is 12.9. The average molecular weight is 428 g/mol. The highest BCUT2D eigenvalue weighted by Crippen LogP contribution is 2.26. The molecule has 3 aromatic rings. The van der Waals surface area contributed by atoms with Gasteiger partial charge in [-0.1, -0.05) is 49.4 Å². The van der Waals surface area contributed by atoms with Crippen LogP contribution in [0.5, 0.6) is 0 Å². The second-order valence-corrected chi connectivity index (χ2v) is 8.14. The summed E-state index contributed by atoms with van der Waals surface area (Å²) < 4.78 is 0. The van der Waals surface area contributed by atoms with Gasteiger partial charge in [0.1, 0.15) is 0 Å². The Kier molecular flexibility index (Phi) is 6.85. The number of urea groups is 1. The van der Waals surface area contributed by atoms with Crippen molar-refractivity contribution >= 4 is 29.0 Å². The summed E-state index contributed by atoms with van der Waals surface area (Å²) in [6.45, 7) is 2.81. The predicted molar refractivity (Wildman–Crippen MR) is 130 cm³/mol. The molecule has 0 fully saturated rings. The van der Waals surface area contributed by atoms with Crippen LogP contribution in [0.2, 0.25) is 0 Å². The lowest BCUT2D eigenvalue weighted by atomic mass is 10.1. The van der Waals surface area contributed by atoms with Crippen LogP contribution in [-0.2, 0) is 24.1 Å². The number of aryl methyl sites for hydroxylation is 2. The van der Waals surface area contributed by atoms with Gasteiger partial charge < -0.3 is 10.6 Å². The summed E-state index contributed by atoms with van der Waals surface area (Å²) in [6, 6.07) is 23.3. The van der Waals surface area contributed by atoms with Crippen LogP contribution in [0.4, 0.5) is 21.9 Å². The molecule has 0 radical (unpaired) electrons. The minimum absolute atomic E-state index is 0.0628. The predicted octanol–water partition coefficient (Wildman–Crippen LogP) is 5.81. The van der Waals surface area contributed by atoms with E-state index in [1.165, 1.54) is 11.1 Å². The normalized spacial score (nSPS) is 13.1. The highest BCUT2D eigenvalue weighted by molar-refractivity contribution is 6.02. The Morgan fingerprint density at radius 1 is 0.812 bits per heavy atom. The van der Waals surface area contributed by atoms with Crippen molar-refractivity contribution in [3.05, 3.63) is 89.5 Å². The molecule has 0 saturated heterocycles. The number of fused-ring (bicyclic) bond motifs is 1. The van der Waals surface area contributed by atoms with E-state index in [0.717, 1.165) is 48.3 Å². The second kappa shape index (κ2) is 10.1. The number of benzene rings is 3. The lowest BCUT2D eigenvalue weighted by Crippen LogP contribution is -2.35. The maximum absolute atomic E-state index is 12.9. The van der Waals surface area contributed by atoms with Crippen molar-refractivity contribution in [3.8, 4) is 0 Å². The smallest absolute Gasteiger partial charge is 0.326 e. The number of amides is 3. The monoisotopic (exact) mass is 427 g/mol. The van der Waals surface area contributed by atoms with Gasteiger partial charge in [0.2, 0.25) is 5.91 Å². The van der Waals surface area contributed by atoms with Crippen LogP contribution in [0.3, 0.4) is 0 Å². The Balaban J connectivity index is 1.35. The third-order valence-corrected chi connectivity index (χ3v) is 5.82. The number of para-hydroxylation sites is 1. The molecule has 1 aliphatic heterocycles. The van der Waals surface area contributed by atoms with E-state index in [1.54, 1.807) is 0 Å². The fourth-order valence-corrected chi connectivity index (χ4v) is 4.01. The third kappa shape index (κ3) is 5.35. The fraction of sp³-hybridized carbons (Fsp3) is 0.259. The molecule has 3 aromatic carbocycles. The largest absolute Gasteiger partial charge is 0.326 e. The standard InChI is InChI=1S/C27H29N3O2/c1-2-20-10-14-23(15-11-20)28-26(31)19-21-12-16-24(17-13-21)29-27(32)30-18-6-5-8-22-7-3-4-9-25(22)30/h3-4,7,9-17H,2,5-6,8,18-19H2,1H3,(H,28,31)(H,29,32). The topological polar surface area (TPSA) is 61.4 Å². The number of hydrogen-bond acceptors (Lipinski definition) is 2. The van der Waals surface area contributed by atoms with Gasteiger partial charge in [0, 0.05) is 23.6 Å². The van der Waals surface area contributed by atoms with Crippen molar-refractivity contribution in [1.29, 1.82) is 0 Å². The zero-order valence-electron chi connectivity index (χ0n) is 18.4. The second-order valence-electron chi connectivity index (χ2n) is 8.14. The van der Waals surface area contributed by atoms with Gasteiger partial charge in [0.05, 0.1) is 6.42 Å². The molecule has 1 aliphatic rings. The van der Waals surface area contributed by atoms with Gasteiger partial charge >= 0.3 is 6.03 Å². The molecule has 5 heteroatoms. The summed E-state index contributed by atoms with van der Waals surface area (Å²) in [4.78, 5) is 27.1. The van der Waals surface area contributed by atoms with E-state index >= 15 is 0 Å². The van der Waals surface area contributed by atoms with Crippen LogP contribution in [0, 0.1) is 0 Å². The molecule has 0 aromatic heterocycles. The van der Waals surface area contributed by atoms with Crippen molar-refractivity contribution < 1.29 is 9.59 Å². The van der Waals surface area contributed by atoms with Crippen LogP contribution in [0.25, 0.3) is 0 Å². The number of anilines is 3. The summed E-state index contributed by atoms with van der Waals surface area (Å²) in [7, 11) is 0. The van der Waals surface area contributed by atoms with Crippen LogP contribution in [0.15, 0.2) is 72.8 Å². The van der Waals surface area contributed by atoms with E-state index < -0.39 is 0 Å². The summed E-state index contributed by atoms with van der Waals surface area (Å²) in [5.74, 6) is -0.0628. The minimum Gasteiger partial charge on any atom is -0.326 e. The van der Waals surface area contributed by atoms with Crippen LogP contribution in [-0.4, -0.2) is 18.5 Å². The summed E-state index contributed by atoms with van der Waals surface area (Å²) in [5.41, 5.74) is 5.86. The number of carbonyl (C=O) groups excluding carboxylic acids is 2. The Morgan fingerprint density at radius 3 is 2.19 bits per heavy atom. The van der Waals surface area contributed by atoms with E-state index in [4.69, 9.17) is 0 Å². The molecule has 0 bridgehead atoms. The first kappa shape index (κ1) is 21.6. The van der Waals surface area contributed by atoms with E-state index in [-0.39, 0.29) is 18.4 Å². The van der Waals surface area contributed by atoms with Crippen molar-refractivity contribution in [1.82, 2.24) is 0 Å². The molecular weight excluding hydrogens is 398 g/mol. The van der Waals surface area contributed by atoms with Crippen molar-refractivity contribution in [2.45, 2.75) is 39.0 Å². The number of carbonyl (C=O) groups is 2. The Hall–Kier alpha value is -3.60. The van der Waals surface area contributed by atoms with Crippen molar-refractivity contribution in [3.63, 3.8) is 0 Å². The van der Waals surface area contributed by atoms with E-state index in [2.05, 4.69) is 23.6 Å². The molecule has 0 unspecified atom stereocenters. The molecule has 0 aliphatic carbocycles. The van der Waals surface area contributed by atoms with E-state index in [1.807, 2.05) is 71.6 Å². The maximum Gasteiger partial charge on any atom is 0.326 e. The summed E-state index contributed by atoms with van der Waals surface area (Å²) >= 11 is 0.